The molecular weight excluding hydrogens is 328 g/mol. The number of hydrogen-bond donors (Lipinski definition) is 2. The Hall–Kier alpha value is -2.29. The summed E-state index contributed by atoms with van der Waals surface area (Å²) in [6, 6.07) is 21.2. The highest BCUT2D eigenvalue weighted by Crippen LogP contribution is 2.35. The van der Waals surface area contributed by atoms with Gasteiger partial charge in [-0.25, -0.2) is 0 Å². The van der Waals surface area contributed by atoms with E-state index in [1.807, 2.05) is 12.1 Å². The number of benzene rings is 3. The maximum Gasteiger partial charge on any atom is 0.0651 e. The zero-order valence-electron chi connectivity index (χ0n) is 14.1. The molecule has 0 spiro atoms. The van der Waals surface area contributed by atoms with Crippen molar-refractivity contribution in [2.75, 3.05) is 6.54 Å². The van der Waals surface area contributed by atoms with Crippen LogP contribution in [-0.2, 0) is 6.42 Å². The molecule has 0 aliphatic carbocycles. The van der Waals surface area contributed by atoms with Crippen molar-refractivity contribution >= 4 is 33.3 Å². The van der Waals surface area contributed by atoms with E-state index in [4.69, 9.17) is 17.3 Å². The van der Waals surface area contributed by atoms with Crippen LogP contribution in [0.5, 0.6) is 0 Å². The number of aryl methyl sites for hydroxylation is 1. The Kier molecular flexibility index (Phi) is 4.48. The van der Waals surface area contributed by atoms with Gasteiger partial charge in [-0.05, 0) is 59.8 Å². The van der Waals surface area contributed by atoms with Gasteiger partial charge in [0.15, 0.2) is 0 Å². The van der Waals surface area contributed by atoms with Gasteiger partial charge < -0.3 is 10.7 Å². The third-order valence-electron chi connectivity index (χ3n) is 4.81. The summed E-state index contributed by atoms with van der Waals surface area (Å²) in [7, 11) is 0. The minimum absolute atomic E-state index is 0.731. The molecule has 0 amide bonds. The predicted molar refractivity (Wildman–Crippen MR) is 108 cm³/mol. The maximum absolute atomic E-state index is 6.43. The molecule has 0 fully saturated rings. The lowest BCUT2D eigenvalue weighted by Gasteiger charge is -2.07. The van der Waals surface area contributed by atoms with Gasteiger partial charge in [0.05, 0.1) is 10.5 Å². The van der Waals surface area contributed by atoms with E-state index in [0.717, 1.165) is 36.3 Å². The van der Waals surface area contributed by atoms with Crippen molar-refractivity contribution < 1.29 is 0 Å². The number of unbranched alkanes of at least 4 members (excludes halogenated alkanes) is 1. The number of nitrogens with two attached hydrogens (primary N) is 1. The van der Waals surface area contributed by atoms with E-state index in [1.54, 1.807) is 0 Å². The number of aromatic nitrogens is 1. The molecule has 0 aliphatic heterocycles. The van der Waals surface area contributed by atoms with Gasteiger partial charge in [-0.1, -0.05) is 60.1 Å². The molecule has 126 valence electrons. The Morgan fingerprint density at radius 1 is 0.880 bits per heavy atom. The zero-order chi connectivity index (χ0) is 17.2. The summed E-state index contributed by atoms with van der Waals surface area (Å²) in [6.07, 6.45) is 3.11. The molecule has 25 heavy (non-hydrogen) atoms. The molecule has 1 aromatic heterocycles. The molecule has 4 rings (SSSR count). The highest BCUT2D eigenvalue weighted by atomic mass is 35.5. The molecule has 0 aliphatic rings. The van der Waals surface area contributed by atoms with Crippen molar-refractivity contribution in [3.8, 4) is 11.3 Å². The first-order valence-electron chi connectivity index (χ1n) is 8.76. The third-order valence-corrected chi connectivity index (χ3v) is 5.12. The van der Waals surface area contributed by atoms with E-state index < -0.39 is 0 Å². The topological polar surface area (TPSA) is 41.8 Å². The molecule has 2 nitrogen and oxygen atoms in total. The Balaban J connectivity index is 1.89. The van der Waals surface area contributed by atoms with E-state index in [9.17, 15) is 0 Å². The number of fused-ring (bicyclic) bond motifs is 2. The Labute approximate surface area is 152 Å². The molecule has 0 bridgehead atoms. The van der Waals surface area contributed by atoms with Gasteiger partial charge in [0.2, 0.25) is 0 Å². The van der Waals surface area contributed by atoms with Crippen LogP contribution in [0.4, 0.5) is 0 Å². The fraction of sp³-hybridized carbons (Fsp3) is 0.182. The summed E-state index contributed by atoms with van der Waals surface area (Å²) in [4.78, 5) is 3.58. The van der Waals surface area contributed by atoms with Crippen LogP contribution in [0.1, 0.15) is 18.4 Å². The van der Waals surface area contributed by atoms with E-state index >= 15 is 0 Å². The van der Waals surface area contributed by atoms with E-state index in [-0.39, 0.29) is 0 Å². The maximum atomic E-state index is 6.43. The molecule has 3 aromatic carbocycles. The van der Waals surface area contributed by atoms with Crippen LogP contribution in [-0.4, -0.2) is 11.5 Å². The van der Waals surface area contributed by atoms with E-state index in [1.165, 1.54) is 33.0 Å². The highest BCUT2D eigenvalue weighted by molar-refractivity contribution is 6.35. The van der Waals surface area contributed by atoms with E-state index in [2.05, 4.69) is 53.5 Å². The monoisotopic (exact) mass is 348 g/mol. The molecule has 0 saturated carbocycles. The number of rotatable bonds is 5. The second kappa shape index (κ2) is 6.91. The molecule has 3 heteroatoms. The van der Waals surface area contributed by atoms with Gasteiger partial charge >= 0.3 is 0 Å². The lowest BCUT2D eigenvalue weighted by molar-refractivity contribution is 0.748. The first kappa shape index (κ1) is 16.2. The Bertz CT molecular complexity index is 1030. The second-order valence-electron chi connectivity index (χ2n) is 6.45. The molecule has 3 N–H and O–H groups in total. The lowest BCUT2D eigenvalue weighted by Crippen LogP contribution is -1.99. The first-order chi connectivity index (χ1) is 12.3. The van der Waals surface area contributed by atoms with Gasteiger partial charge in [-0.2, -0.15) is 0 Å². The average molecular weight is 349 g/mol. The van der Waals surface area contributed by atoms with Gasteiger partial charge in [-0.15, -0.1) is 0 Å². The summed E-state index contributed by atoms with van der Waals surface area (Å²) in [6.45, 7) is 0.731. The second-order valence-corrected chi connectivity index (χ2v) is 6.86. The number of halogens is 1. The van der Waals surface area contributed by atoms with Crippen LogP contribution in [0.25, 0.3) is 32.9 Å². The van der Waals surface area contributed by atoms with Crippen molar-refractivity contribution in [1.29, 1.82) is 0 Å². The highest BCUT2D eigenvalue weighted by Gasteiger charge is 2.15. The van der Waals surface area contributed by atoms with Gasteiger partial charge in [-0.3, -0.25) is 0 Å². The van der Waals surface area contributed by atoms with Crippen LogP contribution in [0.2, 0.25) is 5.02 Å². The lowest BCUT2D eigenvalue weighted by atomic mass is 9.98. The Morgan fingerprint density at radius 2 is 1.72 bits per heavy atom. The molecule has 0 saturated heterocycles. The fourth-order valence-electron chi connectivity index (χ4n) is 3.53. The van der Waals surface area contributed by atoms with Gasteiger partial charge in [0.1, 0.15) is 0 Å². The predicted octanol–water partition coefficient (Wildman–Crippen LogP) is 5.92. The van der Waals surface area contributed by atoms with Crippen molar-refractivity contribution in [3.05, 3.63) is 71.2 Å². The van der Waals surface area contributed by atoms with Crippen LogP contribution in [0, 0.1) is 0 Å². The summed E-state index contributed by atoms with van der Waals surface area (Å²) in [5, 5.41) is 4.49. The summed E-state index contributed by atoms with van der Waals surface area (Å²) >= 11 is 6.43. The minimum Gasteiger partial charge on any atom is -0.353 e. The average Bonchev–Trinajstić information content (AvgIpc) is 3.02. The quantitative estimate of drug-likeness (QED) is 0.432. The van der Waals surface area contributed by atoms with Crippen LogP contribution < -0.4 is 5.73 Å². The molecule has 0 unspecified atom stereocenters. The number of H-pyrrole nitrogens is 1. The molecule has 1 heterocycles. The zero-order valence-corrected chi connectivity index (χ0v) is 14.8. The van der Waals surface area contributed by atoms with Crippen molar-refractivity contribution in [2.45, 2.75) is 19.3 Å². The van der Waals surface area contributed by atoms with Crippen LogP contribution >= 0.6 is 11.6 Å². The first-order valence-corrected chi connectivity index (χ1v) is 9.14. The van der Waals surface area contributed by atoms with Crippen molar-refractivity contribution in [1.82, 2.24) is 4.98 Å². The molecule has 0 radical (unpaired) electrons. The standard InChI is InChI=1S/C22H21ClN2/c23-20-10-5-9-19-18(8-3-4-13-24)21(25-22(19)20)17-12-11-15-6-1-2-7-16(15)14-17/h1-2,5-7,9-12,14,25H,3-4,8,13,24H2. The summed E-state index contributed by atoms with van der Waals surface area (Å²) < 4.78 is 0. The number of aromatic amines is 1. The number of hydrogen-bond acceptors (Lipinski definition) is 1. The molecular formula is C22H21ClN2. The molecule has 4 aromatic rings. The SMILES string of the molecule is NCCCCc1c(-c2ccc3ccccc3c2)[nH]c2c(Cl)cccc12. The van der Waals surface area contributed by atoms with E-state index in [0.29, 0.717) is 0 Å². The minimum atomic E-state index is 0.731. The third kappa shape index (κ3) is 3.04. The normalized spacial score (nSPS) is 11.4. The summed E-state index contributed by atoms with van der Waals surface area (Å²) in [5.74, 6) is 0. The van der Waals surface area contributed by atoms with Gasteiger partial charge in [0.25, 0.3) is 0 Å². The Morgan fingerprint density at radius 3 is 2.56 bits per heavy atom. The molecule has 0 atom stereocenters. The summed E-state index contributed by atoms with van der Waals surface area (Å²) in [5.41, 5.74) is 10.4. The number of nitrogens with one attached hydrogen (secondary N) is 1. The fourth-order valence-corrected chi connectivity index (χ4v) is 3.76. The van der Waals surface area contributed by atoms with Crippen molar-refractivity contribution in [3.63, 3.8) is 0 Å². The van der Waals surface area contributed by atoms with Crippen LogP contribution in [0.3, 0.4) is 0 Å². The largest absolute Gasteiger partial charge is 0.353 e. The van der Waals surface area contributed by atoms with Crippen LogP contribution in [0.15, 0.2) is 60.7 Å². The van der Waals surface area contributed by atoms with Gasteiger partial charge in [0, 0.05) is 11.1 Å². The number of para-hydroxylation sites is 1. The van der Waals surface area contributed by atoms with Crippen molar-refractivity contribution in [2.24, 2.45) is 5.73 Å². The smallest absolute Gasteiger partial charge is 0.0651 e.